The second-order valence-corrected chi connectivity index (χ2v) is 5.85. The topological polar surface area (TPSA) is 41.6 Å². The van der Waals surface area contributed by atoms with E-state index in [1.807, 2.05) is 12.1 Å². The van der Waals surface area contributed by atoms with Gasteiger partial charge in [0, 0.05) is 13.1 Å². The monoisotopic (exact) mass is 350 g/mol. The standard InChI is InChI=1S/C18H17F3N2O2/c1-25-15-7-5-12(6-8-15)10-23-11-16(22-17(23)24)13-3-2-4-14(9-13)18(19,20)21/h2-9,16H,10-11H2,1H3,(H,22,24)/t16-/m1/s1. The van der Waals surface area contributed by atoms with Crippen LogP contribution in [-0.4, -0.2) is 24.6 Å². The van der Waals surface area contributed by atoms with Crippen molar-refractivity contribution >= 4 is 6.03 Å². The van der Waals surface area contributed by atoms with Crippen LogP contribution in [-0.2, 0) is 12.7 Å². The quantitative estimate of drug-likeness (QED) is 0.906. The van der Waals surface area contributed by atoms with Gasteiger partial charge in [-0.25, -0.2) is 4.79 Å². The zero-order chi connectivity index (χ0) is 18.0. The van der Waals surface area contributed by atoms with Crippen molar-refractivity contribution in [2.45, 2.75) is 18.8 Å². The molecule has 0 bridgehead atoms. The average Bonchev–Trinajstić information content (AvgIpc) is 2.96. The van der Waals surface area contributed by atoms with E-state index in [4.69, 9.17) is 4.74 Å². The highest BCUT2D eigenvalue weighted by molar-refractivity contribution is 5.77. The average molecular weight is 350 g/mol. The van der Waals surface area contributed by atoms with Gasteiger partial charge in [-0.1, -0.05) is 24.3 Å². The molecule has 2 aromatic carbocycles. The Labute approximate surface area is 143 Å². The number of carbonyl (C=O) groups excluding carboxylic acids is 1. The molecule has 0 aliphatic carbocycles. The minimum atomic E-state index is -4.40. The first-order valence-electron chi connectivity index (χ1n) is 7.72. The summed E-state index contributed by atoms with van der Waals surface area (Å²) in [5.41, 5.74) is 0.647. The lowest BCUT2D eigenvalue weighted by molar-refractivity contribution is -0.137. The molecule has 0 radical (unpaired) electrons. The second kappa shape index (κ2) is 6.66. The van der Waals surface area contributed by atoms with Gasteiger partial charge < -0.3 is 15.0 Å². The third kappa shape index (κ3) is 3.87. The molecule has 7 heteroatoms. The van der Waals surface area contributed by atoms with Crippen molar-refractivity contribution in [1.29, 1.82) is 0 Å². The highest BCUT2D eigenvalue weighted by Gasteiger charge is 2.33. The number of rotatable bonds is 4. The number of urea groups is 1. The van der Waals surface area contributed by atoms with Crippen molar-refractivity contribution < 1.29 is 22.7 Å². The number of alkyl halides is 3. The first kappa shape index (κ1) is 17.1. The molecule has 132 valence electrons. The van der Waals surface area contributed by atoms with Crippen LogP contribution in [0, 0.1) is 0 Å². The molecule has 1 fully saturated rings. The zero-order valence-corrected chi connectivity index (χ0v) is 13.5. The largest absolute Gasteiger partial charge is 0.497 e. The Balaban J connectivity index is 1.71. The summed E-state index contributed by atoms with van der Waals surface area (Å²) in [6, 6.07) is 11.6. The highest BCUT2D eigenvalue weighted by Crippen LogP contribution is 2.32. The van der Waals surface area contributed by atoms with Crippen molar-refractivity contribution in [3.63, 3.8) is 0 Å². The molecule has 0 spiro atoms. The summed E-state index contributed by atoms with van der Waals surface area (Å²) in [7, 11) is 1.57. The molecule has 1 heterocycles. The van der Waals surface area contributed by atoms with Crippen molar-refractivity contribution in [1.82, 2.24) is 10.2 Å². The van der Waals surface area contributed by atoms with Crippen molar-refractivity contribution in [2.75, 3.05) is 13.7 Å². The zero-order valence-electron chi connectivity index (χ0n) is 13.5. The van der Waals surface area contributed by atoms with Gasteiger partial charge in [-0.2, -0.15) is 13.2 Å². The van der Waals surface area contributed by atoms with Crippen molar-refractivity contribution in [3.05, 3.63) is 65.2 Å². The molecule has 1 aliphatic rings. The normalized spacial score (nSPS) is 17.5. The molecule has 2 aromatic rings. The molecule has 25 heavy (non-hydrogen) atoms. The van der Waals surface area contributed by atoms with E-state index in [1.165, 1.54) is 6.07 Å². The molecule has 0 aromatic heterocycles. The lowest BCUT2D eigenvalue weighted by Gasteiger charge is -2.16. The predicted molar refractivity (Wildman–Crippen MR) is 86.1 cm³/mol. The number of benzene rings is 2. The summed E-state index contributed by atoms with van der Waals surface area (Å²) in [5, 5.41) is 2.74. The fourth-order valence-corrected chi connectivity index (χ4v) is 2.80. The Morgan fingerprint density at radius 2 is 1.92 bits per heavy atom. The number of halogens is 3. The molecule has 2 amide bonds. The predicted octanol–water partition coefficient (Wildman–Crippen LogP) is 3.98. The summed E-state index contributed by atoms with van der Waals surface area (Å²) >= 11 is 0. The molecule has 1 atom stereocenters. The van der Waals surface area contributed by atoms with Crippen LogP contribution in [0.3, 0.4) is 0 Å². The molecule has 4 nitrogen and oxygen atoms in total. The van der Waals surface area contributed by atoms with E-state index in [-0.39, 0.29) is 6.03 Å². The number of nitrogens with zero attached hydrogens (tertiary/aromatic N) is 1. The summed E-state index contributed by atoms with van der Waals surface area (Å²) in [6.45, 7) is 0.692. The Bertz CT molecular complexity index is 760. The summed E-state index contributed by atoms with van der Waals surface area (Å²) in [5.74, 6) is 0.719. The number of methoxy groups -OCH3 is 1. The number of ether oxygens (including phenoxy) is 1. The molecule has 0 saturated carbocycles. The van der Waals surface area contributed by atoms with Crippen LogP contribution < -0.4 is 10.1 Å². The Morgan fingerprint density at radius 3 is 2.56 bits per heavy atom. The third-order valence-electron chi connectivity index (χ3n) is 4.14. The maximum atomic E-state index is 12.8. The van der Waals surface area contributed by atoms with Gasteiger partial charge in [0.25, 0.3) is 0 Å². The Kier molecular flexibility index (Phi) is 4.57. The first-order valence-corrected chi connectivity index (χ1v) is 7.72. The van der Waals surface area contributed by atoms with E-state index in [9.17, 15) is 18.0 Å². The van der Waals surface area contributed by atoms with E-state index < -0.39 is 17.8 Å². The van der Waals surface area contributed by atoms with E-state index in [0.29, 0.717) is 18.7 Å². The lowest BCUT2D eigenvalue weighted by atomic mass is 10.0. The van der Waals surface area contributed by atoms with Gasteiger partial charge in [0.1, 0.15) is 5.75 Å². The van der Waals surface area contributed by atoms with Crippen LogP contribution in [0.4, 0.5) is 18.0 Å². The van der Waals surface area contributed by atoms with Crippen LogP contribution in [0.1, 0.15) is 22.7 Å². The summed E-state index contributed by atoms with van der Waals surface area (Å²) in [4.78, 5) is 13.7. The number of hydrogen-bond donors (Lipinski definition) is 1. The van der Waals surface area contributed by atoms with Crippen LogP contribution in [0.2, 0.25) is 0 Å². The molecule has 1 aliphatic heterocycles. The Hall–Kier alpha value is -2.70. The molecule has 1 saturated heterocycles. The third-order valence-corrected chi connectivity index (χ3v) is 4.14. The van der Waals surface area contributed by atoms with Gasteiger partial charge in [0.15, 0.2) is 0 Å². The maximum Gasteiger partial charge on any atom is 0.416 e. The van der Waals surface area contributed by atoms with Crippen LogP contribution in [0.25, 0.3) is 0 Å². The van der Waals surface area contributed by atoms with Crippen molar-refractivity contribution in [3.8, 4) is 5.75 Å². The fraction of sp³-hybridized carbons (Fsp3) is 0.278. The maximum absolute atomic E-state index is 12.8. The van der Waals surface area contributed by atoms with E-state index in [1.54, 1.807) is 30.2 Å². The smallest absolute Gasteiger partial charge is 0.416 e. The van der Waals surface area contributed by atoms with Gasteiger partial charge in [0.2, 0.25) is 0 Å². The first-order chi connectivity index (χ1) is 11.9. The molecule has 1 N–H and O–H groups in total. The van der Waals surface area contributed by atoms with Crippen molar-refractivity contribution in [2.24, 2.45) is 0 Å². The highest BCUT2D eigenvalue weighted by atomic mass is 19.4. The molecular weight excluding hydrogens is 333 g/mol. The molecule has 0 unspecified atom stereocenters. The van der Waals surface area contributed by atoms with Gasteiger partial charge in [-0.3, -0.25) is 0 Å². The summed E-state index contributed by atoms with van der Waals surface area (Å²) in [6.07, 6.45) is -4.40. The Morgan fingerprint density at radius 1 is 1.20 bits per heavy atom. The SMILES string of the molecule is COc1ccc(CN2C[C@H](c3cccc(C(F)(F)F)c3)NC2=O)cc1. The van der Waals surface area contributed by atoms with Crippen LogP contribution >= 0.6 is 0 Å². The van der Waals surface area contributed by atoms with Gasteiger partial charge in [0.05, 0.1) is 18.7 Å². The number of amides is 2. The minimum absolute atomic E-state index is 0.293. The lowest BCUT2D eigenvalue weighted by Crippen LogP contribution is -2.27. The van der Waals surface area contributed by atoms with Crippen LogP contribution in [0.15, 0.2) is 48.5 Å². The van der Waals surface area contributed by atoms with Gasteiger partial charge >= 0.3 is 12.2 Å². The van der Waals surface area contributed by atoms with E-state index >= 15 is 0 Å². The number of hydrogen-bond acceptors (Lipinski definition) is 2. The second-order valence-electron chi connectivity index (χ2n) is 5.85. The van der Waals surface area contributed by atoms with E-state index in [0.717, 1.165) is 23.4 Å². The molecular formula is C18H17F3N2O2. The fourth-order valence-electron chi connectivity index (χ4n) is 2.80. The van der Waals surface area contributed by atoms with Crippen LogP contribution in [0.5, 0.6) is 5.75 Å². The summed E-state index contributed by atoms with van der Waals surface area (Å²) < 4.78 is 43.6. The number of carbonyl (C=O) groups is 1. The van der Waals surface area contributed by atoms with Gasteiger partial charge in [-0.05, 0) is 35.4 Å². The minimum Gasteiger partial charge on any atom is -0.497 e. The van der Waals surface area contributed by atoms with E-state index in [2.05, 4.69) is 5.32 Å². The van der Waals surface area contributed by atoms with Gasteiger partial charge in [-0.15, -0.1) is 0 Å². The molecule has 3 rings (SSSR count). The number of nitrogens with one attached hydrogen (secondary N) is 1.